The number of para-hydroxylation sites is 1. The van der Waals surface area contributed by atoms with Crippen molar-refractivity contribution in [2.75, 3.05) is 16.8 Å². The van der Waals surface area contributed by atoms with Crippen LogP contribution in [-0.2, 0) is 16.0 Å². The van der Waals surface area contributed by atoms with Crippen LogP contribution in [-0.4, -0.2) is 18.4 Å². The molecule has 2 aromatic carbocycles. The van der Waals surface area contributed by atoms with Crippen LogP contribution >= 0.6 is 11.6 Å². The molecule has 0 spiro atoms. The first-order valence-corrected chi connectivity index (χ1v) is 9.24. The van der Waals surface area contributed by atoms with Gasteiger partial charge in [-0.2, -0.15) is 0 Å². The number of nitrogens with zero attached hydrogens (tertiary/aromatic N) is 1. The fourth-order valence-corrected chi connectivity index (χ4v) is 3.63. The number of rotatable bonds is 4. The predicted molar refractivity (Wildman–Crippen MR) is 106 cm³/mol. The standard InChI is InChI=1S/C21H23ClN2O2/c1-4-15-7-5-6-14(3)20(15)24-12-16(10-19(24)25)21(26)23-18-11-17(22)9-8-13(18)2/h5-9,11,16H,4,10,12H2,1-3H3,(H,23,26). The summed E-state index contributed by atoms with van der Waals surface area (Å²) in [6.07, 6.45) is 1.07. The van der Waals surface area contributed by atoms with Gasteiger partial charge in [0.25, 0.3) is 0 Å². The van der Waals surface area contributed by atoms with Crippen molar-refractivity contribution in [3.63, 3.8) is 0 Å². The first kappa shape index (κ1) is 18.5. The van der Waals surface area contributed by atoms with Gasteiger partial charge in [0.15, 0.2) is 0 Å². The number of aryl methyl sites for hydroxylation is 3. The third kappa shape index (κ3) is 3.61. The molecule has 1 unspecified atom stereocenters. The molecule has 0 aliphatic carbocycles. The Morgan fingerprint density at radius 2 is 2.00 bits per heavy atom. The molecule has 2 amide bonds. The fraction of sp³-hybridized carbons (Fsp3) is 0.333. The van der Waals surface area contributed by atoms with Crippen LogP contribution in [0.1, 0.15) is 30.0 Å². The Morgan fingerprint density at radius 1 is 1.23 bits per heavy atom. The Balaban J connectivity index is 1.80. The van der Waals surface area contributed by atoms with Gasteiger partial charge in [-0.15, -0.1) is 0 Å². The number of carbonyl (C=O) groups is 2. The average Bonchev–Trinajstić information content (AvgIpc) is 2.99. The fourth-order valence-electron chi connectivity index (χ4n) is 3.45. The Hall–Kier alpha value is -2.33. The van der Waals surface area contributed by atoms with Gasteiger partial charge in [0.1, 0.15) is 0 Å². The van der Waals surface area contributed by atoms with Crippen LogP contribution in [0.3, 0.4) is 0 Å². The molecule has 4 nitrogen and oxygen atoms in total. The number of amides is 2. The van der Waals surface area contributed by atoms with E-state index in [1.54, 1.807) is 17.0 Å². The lowest BCUT2D eigenvalue weighted by Crippen LogP contribution is -2.29. The van der Waals surface area contributed by atoms with Gasteiger partial charge in [-0.1, -0.05) is 42.8 Å². The summed E-state index contributed by atoms with van der Waals surface area (Å²) in [4.78, 5) is 27.1. The predicted octanol–water partition coefficient (Wildman–Crippen LogP) is 4.51. The third-order valence-corrected chi connectivity index (χ3v) is 5.16. The van der Waals surface area contributed by atoms with Crippen LogP contribution in [0.25, 0.3) is 0 Å². The molecular weight excluding hydrogens is 348 g/mol. The zero-order valence-electron chi connectivity index (χ0n) is 15.3. The summed E-state index contributed by atoms with van der Waals surface area (Å²) in [7, 11) is 0. The van der Waals surface area contributed by atoms with E-state index in [0.29, 0.717) is 17.3 Å². The Bertz CT molecular complexity index is 863. The molecule has 26 heavy (non-hydrogen) atoms. The molecule has 0 saturated carbocycles. The van der Waals surface area contributed by atoms with Crippen LogP contribution in [0.2, 0.25) is 5.02 Å². The van der Waals surface area contributed by atoms with Crippen molar-refractivity contribution >= 4 is 34.8 Å². The summed E-state index contributed by atoms with van der Waals surface area (Å²) in [6, 6.07) is 11.4. The van der Waals surface area contributed by atoms with Crippen molar-refractivity contribution in [1.82, 2.24) is 0 Å². The smallest absolute Gasteiger partial charge is 0.229 e. The van der Waals surface area contributed by atoms with E-state index < -0.39 is 0 Å². The zero-order chi connectivity index (χ0) is 18.8. The summed E-state index contributed by atoms with van der Waals surface area (Å²) in [6.45, 7) is 6.40. The maximum atomic E-state index is 12.7. The van der Waals surface area contributed by atoms with Crippen molar-refractivity contribution in [3.8, 4) is 0 Å². The lowest BCUT2D eigenvalue weighted by Gasteiger charge is -2.22. The molecule has 5 heteroatoms. The maximum absolute atomic E-state index is 12.7. The van der Waals surface area contributed by atoms with Crippen LogP contribution in [0, 0.1) is 19.8 Å². The second-order valence-corrected chi connectivity index (χ2v) is 7.23. The molecule has 1 aliphatic heterocycles. The van der Waals surface area contributed by atoms with E-state index in [4.69, 9.17) is 11.6 Å². The van der Waals surface area contributed by atoms with E-state index in [0.717, 1.165) is 28.8 Å². The molecule has 0 aromatic heterocycles. The van der Waals surface area contributed by atoms with Gasteiger partial charge in [-0.25, -0.2) is 0 Å². The quantitative estimate of drug-likeness (QED) is 0.860. The second-order valence-electron chi connectivity index (χ2n) is 6.79. The highest BCUT2D eigenvalue weighted by molar-refractivity contribution is 6.31. The highest BCUT2D eigenvalue weighted by Gasteiger charge is 2.36. The van der Waals surface area contributed by atoms with Crippen LogP contribution in [0.5, 0.6) is 0 Å². The van der Waals surface area contributed by atoms with Crippen molar-refractivity contribution in [3.05, 3.63) is 58.1 Å². The Morgan fingerprint density at radius 3 is 2.73 bits per heavy atom. The number of benzene rings is 2. The van der Waals surface area contributed by atoms with Gasteiger partial charge in [0, 0.05) is 29.4 Å². The number of halogens is 1. The zero-order valence-corrected chi connectivity index (χ0v) is 16.1. The first-order chi connectivity index (χ1) is 12.4. The highest BCUT2D eigenvalue weighted by Crippen LogP contribution is 2.32. The summed E-state index contributed by atoms with van der Waals surface area (Å²) in [5, 5.41) is 3.50. The van der Waals surface area contributed by atoms with E-state index in [9.17, 15) is 9.59 Å². The molecule has 1 N–H and O–H groups in total. The van der Waals surface area contributed by atoms with E-state index in [-0.39, 0.29) is 24.2 Å². The monoisotopic (exact) mass is 370 g/mol. The molecule has 1 saturated heterocycles. The van der Waals surface area contributed by atoms with Crippen molar-refractivity contribution < 1.29 is 9.59 Å². The minimum Gasteiger partial charge on any atom is -0.325 e. The molecule has 1 heterocycles. The maximum Gasteiger partial charge on any atom is 0.229 e. The molecule has 1 atom stereocenters. The van der Waals surface area contributed by atoms with E-state index >= 15 is 0 Å². The first-order valence-electron chi connectivity index (χ1n) is 8.86. The highest BCUT2D eigenvalue weighted by atomic mass is 35.5. The largest absolute Gasteiger partial charge is 0.325 e. The molecule has 3 rings (SSSR count). The van der Waals surface area contributed by atoms with E-state index in [2.05, 4.69) is 12.2 Å². The third-order valence-electron chi connectivity index (χ3n) is 4.93. The summed E-state index contributed by atoms with van der Waals surface area (Å²) < 4.78 is 0. The lowest BCUT2D eigenvalue weighted by atomic mass is 10.0. The number of hydrogen-bond acceptors (Lipinski definition) is 2. The lowest BCUT2D eigenvalue weighted by molar-refractivity contribution is -0.122. The van der Waals surface area contributed by atoms with E-state index in [1.165, 1.54) is 0 Å². The Labute approximate surface area is 159 Å². The summed E-state index contributed by atoms with van der Waals surface area (Å²) in [5.74, 6) is -0.514. The summed E-state index contributed by atoms with van der Waals surface area (Å²) in [5.41, 5.74) is 4.78. The number of carbonyl (C=O) groups excluding carboxylic acids is 2. The summed E-state index contributed by atoms with van der Waals surface area (Å²) >= 11 is 6.02. The molecular formula is C21H23ClN2O2. The van der Waals surface area contributed by atoms with Gasteiger partial charge >= 0.3 is 0 Å². The van der Waals surface area contributed by atoms with Crippen LogP contribution < -0.4 is 10.2 Å². The number of hydrogen-bond donors (Lipinski definition) is 1. The normalized spacial score (nSPS) is 16.8. The van der Waals surface area contributed by atoms with Crippen LogP contribution in [0.4, 0.5) is 11.4 Å². The minimum atomic E-state index is -0.370. The molecule has 0 bridgehead atoms. The SMILES string of the molecule is CCc1cccc(C)c1N1CC(C(=O)Nc2cc(Cl)ccc2C)CC1=O. The van der Waals surface area contributed by atoms with Gasteiger partial charge < -0.3 is 10.2 Å². The number of nitrogens with one attached hydrogen (secondary N) is 1. The van der Waals surface area contributed by atoms with Gasteiger partial charge in [0.05, 0.1) is 5.92 Å². The van der Waals surface area contributed by atoms with Crippen molar-refractivity contribution in [2.24, 2.45) is 5.92 Å². The molecule has 0 radical (unpaired) electrons. The second kappa shape index (κ2) is 7.50. The molecule has 2 aromatic rings. The van der Waals surface area contributed by atoms with Crippen molar-refractivity contribution in [2.45, 2.75) is 33.6 Å². The van der Waals surface area contributed by atoms with Crippen LogP contribution in [0.15, 0.2) is 36.4 Å². The number of anilines is 2. The van der Waals surface area contributed by atoms with Gasteiger partial charge in [0.2, 0.25) is 11.8 Å². The van der Waals surface area contributed by atoms with E-state index in [1.807, 2.05) is 38.1 Å². The minimum absolute atomic E-state index is 0.00281. The Kier molecular flexibility index (Phi) is 5.33. The molecule has 1 aliphatic rings. The molecule has 136 valence electrons. The van der Waals surface area contributed by atoms with Gasteiger partial charge in [-0.05, 0) is 49.1 Å². The molecule has 1 fully saturated rings. The topological polar surface area (TPSA) is 49.4 Å². The average molecular weight is 371 g/mol. The van der Waals surface area contributed by atoms with Crippen molar-refractivity contribution in [1.29, 1.82) is 0 Å². The van der Waals surface area contributed by atoms with Gasteiger partial charge in [-0.3, -0.25) is 9.59 Å².